The first kappa shape index (κ1) is 29.1. The number of aliphatic hydroxyl groups excluding tert-OH is 1. The number of ether oxygens (including phenoxy) is 1. The third-order valence-corrected chi connectivity index (χ3v) is 8.40. The Kier molecular flexibility index (Phi) is 8.80. The van der Waals surface area contributed by atoms with Gasteiger partial charge in [-0.3, -0.25) is 9.59 Å². The number of hydrogen-bond donors (Lipinski definition) is 2. The summed E-state index contributed by atoms with van der Waals surface area (Å²) in [6.45, 7) is 3.50. The number of hydrogen-bond acceptors (Lipinski definition) is 10. The topological polar surface area (TPSA) is 178 Å². The average molecular weight is 576 g/mol. The molecule has 216 valence electrons. The van der Waals surface area contributed by atoms with Gasteiger partial charge in [0.15, 0.2) is 5.03 Å². The van der Waals surface area contributed by atoms with Crippen molar-refractivity contribution >= 4 is 27.5 Å². The number of aromatic nitrogens is 6. The van der Waals surface area contributed by atoms with E-state index in [0.29, 0.717) is 17.0 Å². The van der Waals surface area contributed by atoms with E-state index in [1.165, 1.54) is 34.9 Å². The minimum atomic E-state index is -3.90. The van der Waals surface area contributed by atoms with Gasteiger partial charge >= 0.3 is 0 Å². The highest BCUT2D eigenvalue weighted by molar-refractivity contribution is 7.89. The Labute approximate surface area is 231 Å². The van der Waals surface area contributed by atoms with Gasteiger partial charge in [-0.1, -0.05) is 6.92 Å². The Bertz CT molecular complexity index is 1440. The number of amides is 2. The fourth-order valence-corrected chi connectivity index (χ4v) is 5.50. The SMILES string of the molecule is C[C@H]1CN([C@@H](C)CO)C(=O)Cc2cc(NC(=O)Cn3cnnn3)ccc2O[C@H]1CN(C)S(=O)(=O)c1cn(C)cn1. The molecule has 1 aromatic carbocycles. The summed E-state index contributed by atoms with van der Waals surface area (Å²) in [4.78, 5) is 31.4. The van der Waals surface area contributed by atoms with Crippen LogP contribution in [0.5, 0.6) is 5.75 Å². The number of rotatable bonds is 9. The zero-order valence-electron chi connectivity index (χ0n) is 22.7. The van der Waals surface area contributed by atoms with Crippen molar-refractivity contribution in [2.24, 2.45) is 13.0 Å². The Morgan fingerprint density at radius 3 is 2.75 bits per heavy atom. The van der Waals surface area contributed by atoms with Crippen molar-refractivity contribution in [2.75, 3.05) is 32.1 Å². The zero-order chi connectivity index (χ0) is 29.0. The molecule has 0 bridgehead atoms. The maximum Gasteiger partial charge on any atom is 0.261 e. The largest absolute Gasteiger partial charge is 0.488 e. The van der Waals surface area contributed by atoms with Crippen LogP contribution in [0, 0.1) is 5.92 Å². The van der Waals surface area contributed by atoms with Crippen LogP contribution in [0.2, 0.25) is 0 Å². The number of carbonyl (C=O) groups is 2. The number of tetrazole rings is 1. The number of carbonyl (C=O) groups excluding carboxylic acids is 2. The normalized spacial score (nSPS) is 18.9. The highest BCUT2D eigenvalue weighted by Crippen LogP contribution is 2.29. The summed E-state index contributed by atoms with van der Waals surface area (Å²) in [7, 11) is -0.760. The van der Waals surface area contributed by atoms with Crippen LogP contribution in [0.15, 0.2) is 42.1 Å². The molecule has 1 aliphatic rings. The maximum atomic E-state index is 13.4. The summed E-state index contributed by atoms with van der Waals surface area (Å²) in [6, 6.07) is 4.47. The van der Waals surface area contributed by atoms with E-state index in [9.17, 15) is 23.1 Å². The lowest BCUT2D eigenvalue weighted by Crippen LogP contribution is -2.48. The first-order valence-corrected chi connectivity index (χ1v) is 14.1. The molecule has 16 heteroatoms. The van der Waals surface area contributed by atoms with Gasteiger partial charge in [0.25, 0.3) is 10.0 Å². The van der Waals surface area contributed by atoms with E-state index in [2.05, 4.69) is 25.8 Å². The number of anilines is 1. The number of sulfonamides is 1. The van der Waals surface area contributed by atoms with Crippen molar-refractivity contribution in [3.05, 3.63) is 42.6 Å². The van der Waals surface area contributed by atoms with Crippen molar-refractivity contribution < 1.29 is 27.9 Å². The Morgan fingerprint density at radius 1 is 1.32 bits per heavy atom. The number of fused-ring (bicyclic) bond motifs is 1. The summed E-state index contributed by atoms with van der Waals surface area (Å²) < 4.78 is 36.7. The van der Waals surface area contributed by atoms with E-state index < -0.39 is 22.2 Å². The predicted octanol–water partition coefficient (Wildman–Crippen LogP) is -0.485. The molecule has 3 atom stereocenters. The number of nitrogens with one attached hydrogen (secondary N) is 1. The Morgan fingerprint density at radius 2 is 2.10 bits per heavy atom. The van der Waals surface area contributed by atoms with Crippen LogP contribution in [-0.2, 0) is 39.6 Å². The van der Waals surface area contributed by atoms with E-state index in [0.717, 1.165) is 0 Å². The summed E-state index contributed by atoms with van der Waals surface area (Å²) in [5, 5.41) is 23.2. The van der Waals surface area contributed by atoms with Gasteiger partial charge in [-0.05, 0) is 35.5 Å². The molecule has 0 aliphatic carbocycles. The third-order valence-electron chi connectivity index (χ3n) is 6.69. The standard InChI is InChI=1S/C24H33N9O6S/c1-16-9-33(17(2)13-34)24(36)8-18-7-19(27-22(35)11-32-15-26-28-29-32)5-6-20(18)39-21(16)10-31(4)40(37,38)23-12-30(3)14-25-23/h5-7,12,14-17,21,34H,8-11,13H2,1-4H3,(H,27,35)/t16-,17-,21-/m0/s1. The van der Waals surface area contributed by atoms with E-state index in [-0.39, 0.29) is 55.4 Å². The first-order valence-electron chi connectivity index (χ1n) is 12.6. The van der Waals surface area contributed by atoms with Crippen LogP contribution in [0.1, 0.15) is 19.4 Å². The molecule has 15 nitrogen and oxygen atoms in total. The first-order chi connectivity index (χ1) is 19.0. The van der Waals surface area contributed by atoms with Crippen LogP contribution >= 0.6 is 0 Å². The molecule has 0 unspecified atom stereocenters. The van der Waals surface area contributed by atoms with Gasteiger partial charge in [0, 0.05) is 44.0 Å². The smallest absolute Gasteiger partial charge is 0.261 e. The molecule has 4 rings (SSSR count). The van der Waals surface area contributed by atoms with Crippen LogP contribution in [-0.4, -0.2) is 103 Å². The molecule has 3 heterocycles. The Balaban J connectivity index is 1.62. The molecular formula is C24H33N9O6S. The average Bonchev–Trinajstić information content (AvgIpc) is 3.59. The van der Waals surface area contributed by atoms with Crippen LogP contribution in [0.4, 0.5) is 5.69 Å². The Hall–Kier alpha value is -3.89. The van der Waals surface area contributed by atoms with Gasteiger partial charge in [-0.25, -0.2) is 18.1 Å². The predicted molar refractivity (Wildman–Crippen MR) is 141 cm³/mol. The van der Waals surface area contributed by atoms with E-state index in [1.807, 2.05) is 6.92 Å². The van der Waals surface area contributed by atoms with Crippen molar-refractivity contribution in [1.29, 1.82) is 0 Å². The third kappa shape index (κ3) is 6.63. The number of nitrogens with zero attached hydrogens (tertiary/aromatic N) is 8. The zero-order valence-corrected chi connectivity index (χ0v) is 23.5. The fourth-order valence-electron chi connectivity index (χ4n) is 4.36. The monoisotopic (exact) mass is 575 g/mol. The number of aryl methyl sites for hydroxylation is 1. The summed E-state index contributed by atoms with van der Waals surface area (Å²) in [5.41, 5.74) is 0.948. The molecule has 3 aromatic rings. The second-order valence-electron chi connectivity index (χ2n) is 9.93. The van der Waals surface area contributed by atoms with Gasteiger partial charge < -0.3 is 24.6 Å². The summed E-state index contributed by atoms with van der Waals surface area (Å²) >= 11 is 0. The van der Waals surface area contributed by atoms with Crippen LogP contribution in [0.25, 0.3) is 0 Å². The minimum absolute atomic E-state index is 0.0144. The number of imidazole rings is 1. The van der Waals surface area contributed by atoms with Crippen molar-refractivity contribution in [3.63, 3.8) is 0 Å². The number of benzene rings is 1. The molecule has 2 aromatic heterocycles. The van der Waals surface area contributed by atoms with Gasteiger partial charge in [-0.15, -0.1) is 5.10 Å². The number of aliphatic hydroxyl groups is 1. The quantitative estimate of drug-likeness (QED) is 0.338. The van der Waals surface area contributed by atoms with E-state index in [4.69, 9.17) is 4.74 Å². The van der Waals surface area contributed by atoms with Gasteiger partial charge in [0.05, 0.1) is 31.9 Å². The summed E-state index contributed by atoms with van der Waals surface area (Å²) in [5.74, 6) is -0.511. The van der Waals surface area contributed by atoms with E-state index >= 15 is 0 Å². The molecule has 1 aliphatic heterocycles. The lowest BCUT2D eigenvalue weighted by atomic mass is 10.0. The maximum absolute atomic E-state index is 13.4. The van der Waals surface area contributed by atoms with Crippen molar-refractivity contribution in [2.45, 2.75) is 44.0 Å². The molecule has 0 fully saturated rings. The van der Waals surface area contributed by atoms with Crippen LogP contribution < -0.4 is 10.1 Å². The van der Waals surface area contributed by atoms with Gasteiger partial charge in [0.2, 0.25) is 11.8 Å². The van der Waals surface area contributed by atoms with Gasteiger partial charge in [0.1, 0.15) is 24.7 Å². The van der Waals surface area contributed by atoms with E-state index in [1.54, 1.807) is 41.6 Å². The molecule has 40 heavy (non-hydrogen) atoms. The van der Waals surface area contributed by atoms with Crippen molar-refractivity contribution in [3.8, 4) is 5.75 Å². The van der Waals surface area contributed by atoms with Crippen LogP contribution in [0.3, 0.4) is 0 Å². The molecule has 0 saturated carbocycles. The van der Waals surface area contributed by atoms with Crippen molar-refractivity contribution in [1.82, 2.24) is 39.0 Å². The molecule has 0 spiro atoms. The molecule has 2 amide bonds. The lowest BCUT2D eigenvalue weighted by Gasteiger charge is -2.33. The molecular weight excluding hydrogens is 542 g/mol. The van der Waals surface area contributed by atoms with Gasteiger partial charge in [-0.2, -0.15) is 4.31 Å². The fraction of sp³-hybridized carbons (Fsp3) is 0.500. The second-order valence-corrected chi connectivity index (χ2v) is 11.9. The summed E-state index contributed by atoms with van der Waals surface area (Å²) in [6.07, 6.45) is 3.46. The minimum Gasteiger partial charge on any atom is -0.488 e. The molecule has 0 saturated heterocycles. The molecule has 0 radical (unpaired) electrons. The second kappa shape index (κ2) is 12.1. The number of likely N-dealkylation sites (N-methyl/N-ethyl adjacent to an activating group) is 1. The highest BCUT2D eigenvalue weighted by atomic mass is 32.2. The molecule has 2 N–H and O–H groups in total. The highest BCUT2D eigenvalue weighted by Gasteiger charge is 2.34. The lowest BCUT2D eigenvalue weighted by molar-refractivity contribution is -0.134.